The van der Waals surface area contributed by atoms with Crippen molar-refractivity contribution in [3.05, 3.63) is 58.1 Å². The third-order valence-corrected chi connectivity index (χ3v) is 3.66. The molecule has 2 nitrogen and oxygen atoms in total. The van der Waals surface area contributed by atoms with Crippen molar-refractivity contribution in [3.8, 4) is 5.75 Å². The van der Waals surface area contributed by atoms with E-state index in [9.17, 15) is 0 Å². The van der Waals surface area contributed by atoms with E-state index in [0.29, 0.717) is 11.6 Å². The molecule has 0 fully saturated rings. The third-order valence-electron chi connectivity index (χ3n) is 3.00. The molecule has 1 atom stereocenters. The molecule has 0 radical (unpaired) electrons. The van der Waals surface area contributed by atoms with Crippen LogP contribution in [0.25, 0.3) is 0 Å². The molecule has 0 saturated heterocycles. The first-order chi connectivity index (χ1) is 9.56. The highest BCUT2D eigenvalue weighted by Gasteiger charge is 2.06. The van der Waals surface area contributed by atoms with Gasteiger partial charge in [-0.15, -0.1) is 0 Å². The number of hydrogen-bond donors (Lipinski definition) is 1. The number of rotatable bonds is 5. The van der Waals surface area contributed by atoms with Crippen molar-refractivity contribution < 1.29 is 4.74 Å². The van der Waals surface area contributed by atoms with Gasteiger partial charge in [0.1, 0.15) is 11.9 Å². The molecule has 0 aromatic heterocycles. The molecule has 106 valence electrons. The fourth-order valence-corrected chi connectivity index (χ4v) is 2.14. The molecule has 2 rings (SSSR count). The Bertz CT molecular complexity index is 569. The van der Waals surface area contributed by atoms with Crippen molar-refractivity contribution in [2.24, 2.45) is 0 Å². The summed E-state index contributed by atoms with van der Waals surface area (Å²) in [4.78, 5) is 0. The quantitative estimate of drug-likeness (QED) is 0.821. The van der Waals surface area contributed by atoms with E-state index in [2.05, 4.69) is 5.32 Å². The van der Waals surface area contributed by atoms with E-state index < -0.39 is 0 Å². The van der Waals surface area contributed by atoms with Gasteiger partial charge in [-0.25, -0.2) is 0 Å². The Morgan fingerprint density at radius 2 is 1.80 bits per heavy atom. The first-order valence-corrected chi connectivity index (χ1v) is 7.23. The van der Waals surface area contributed by atoms with Gasteiger partial charge < -0.3 is 10.1 Å². The minimum atomic E-state index is 0.0366. The van der Waals surface area contributed by atoms with Crippen LogP contribution in [-0.2, 0) is 0 Å². The highest BCUT2D eigenvalue weighted by Crippen LogP contribution is 2.23. The van der Waals surface area contributed by atoms with Gasteiger partial charge in [0.25, 0.3) is 0 Å². The Kier molecular flexibility index (Phi) is 5.16. The van der Waals surface area contributed by atoms with Crippen molar-refractivity contribution in [1.82, 2.24) is 0 Å². The van der Waals surface area contributed by atoms with Crippen molar-refractivity contribution >= 4 is 28.9 Å². The molecular weight excluding hydrogens is 293 g/mol. The van der Waals surface area contributed by atoms with Crippen molar-refractivity contribution in [2.75, 3.05) is 11.9 Å². The standard InChI is InChI=1S/C16H17Cl2NO/c1-11(20-14-8-6-13(17)7-9-14)10-19-16-5-3-4-15(18)12(16)2/h3-9,11,19H,10H2,1-2H3. The van der Waals surface area contributed by atoms with E-state index in [4.69, 9.17) is 27.9 Å². The number of ether oxygens (including phenoxy) is 1. The highest BCUT2D eigenvalue weighted by atomic mass is 35.5. The van der Waals surface area contributed by atoms with Crippen LogP contribution in [0.3, 0.4) is 0 Å². The lowest BCUT2D eigenvalue weighted by Gasteiger charge is -2.17. The summed E-state index contributed by atoms with van der Waals surface area (Å²) < 4.78 is 5.81. The molecule has 0 bridgehead atoms. The Labute approximate surface area is 129 Å². The summed E-state index contributed by atoms with van der Waals surface area (Å²) in [5.41, 5.74) is 2.08. The minimum absolute atomic E-state index is 0.0366. The summed E-state index contributed by atoms with van der Waals surface area (Å²) >= 11 is 11.9. The number of hydrogen-bond acceptors (Lipinski definition) is 2. The van der Waals surface area contributed by atoms with Crippen LogP contribution in [-0.4, -0.2) is 12.6 Å². The highest BCUT2D eigenvalue weighted by molar-refractivity contribution is 6.31. The van der Waals surface area contributed by atoms with Crippen molar-refractivity contribution in [1.29, 1.82) is 0 Å². The summed E-state index contributed by atoms with van der Waals surface area (Å²) in [6, 6.07) is 13.2. The maximum absolute atomic E-state index is 6.09. The molecule has 1 N–H and O–H groups in total. The van der Waals surface area contributed by atoms with Crippen molar-refractivity contribution in [3.63, 3.8) is 0 Å². The van der Waals surface area contributed by atoms with Crippen LogP contribution < -0.4 is 10.1 Å². The van der Waals surface area contributed by atoms with Gasteiger partial charge in [-0.3, -0.25) is 0 Å². The lowest BCUT2D eigenvalue weighted by atomic mass is 10.2. The summed E-state index contributed by atoms with van der Waals surface area (Å²) in [6.07, 6.45) is 0.0366. The molecule has 0 aliphatic rings. The zero-order chi connectivity index (χ0) is 14.5. The average molecular weight is 310 g/mol. The van der Waals surface area contributed by atoms with Gasteiger partial charge in [0.15, 0.2) is 0 Å². The van der Waals surface area contributed by atoms with Crippen LogP contribution in [0.4, 0.5) is 5.69 Å². The van der Waals surface area contributed by atoms with E-state index in [-0.39, 0.29) is 6.10 Å². The molecule has 4 heteroatoms. The molecule has 0 aliphatic heterocycles. The van der Waals surface area contributed by atoms with Gasteiger partial charge in [0, 0.05) is 15.7 Å². The fourth-order valence-electron chi connectivity index (χ4n) is 1.84. The summed E-state index contributed by atoms with van der Waals surface area (Å²) in [5, 5.41) is 4.82. The molecule has 1 unspecified atom stereocenters. The first kappa shape index (κ1) is 15.0. The maximum Gasteiger partial charge on any atom is 0.119 e. The second-order valence-corrected chi connectivity index (χ2v) is 5.52. The number of halogens is 2. The van der Waals surface area contributed by atoms with Gasteiger partial charge >= 0.3 is 0 Å². The SMILES string of the molecule is Cc1c(Cl)cccc1NCC(C)Oc1ccc(Cl)cc1. The number of benzene rings is 2. The minimum Gasteiger partial charge on any atom is -0.489 e. The molecule has 0 heterocycles. The second kappa shape index (κ2) is 6.87. The topological polar surface area (TPSA) is 21.3 Å². The predicted molar refractivity (Wildman–Crippen MR) is 86.2 cm³/mol. The lowest BCUT2D eigenvalue weighted by Crippen LogP contribution is -2.23. The summed E-state index contributed by atoms with van der Waals surface area (Å²) in [5.74, 6) is 0.812. The van der Waals surface area contributed by atoms with Gasteiger partial charge in [-0.05, 0) is 55.8 Å². The molecular formula is C16H17Cl2NO. The van der Waals surface area contributed by atoms with E-state index in [1.54, 1.807) is 0 Å². The largest absolute Gasteiger partial charge is 0.489 e. The van der Waals surface area contributed by atoms with Crippen LogP contribution in [0.5, 0.6) is 5.75 Å². The average Bonchev–Trinajstić information content (AvgIpc) is 2.43. The lowest BCUT2D eigenvalue weighted by molar-refractivity contribution is 0.235. The first-order valence-electron chi connectivity index (χ1n) is 6.47. The van der Waals surface area contributed by atoms with Crippen LogP contribution in [0.2, 0.25) is 10.0 Å². The van der Waals surface area contributed by atoms with Crippen LogP contribution >= 0.6 is 23.2 Å². The molecule has 20 heavy (non-hydrogen) atoms. The fraction of sp³-hybridized carbons (Fsp3) is 0.250. The normalized spacial score (nSPS) is 12.0. The van der Waals surface area contributed by atoms with E-state index in [0.717, 1.165) is 22.0 Å². The molecule has 0 saturated carbocycles. The zero-order valence-corrected chi connectivity index (χ0v) is 13.0. The molecule has 0 spiro atoms. The zero-order valence-electron chi connectivity index (χ0n) is 11.5. The van der Waals surface area contributed by atoms with E-state index in [1.807, 2.05) is 56.3 Å². The van der Waals surface area contributed by atoms with Gasteiger partial charge in [0.2, 0.25) is 0 Å². The summed E-state index contributed by atoms with van der Waals surface area (Å²) in [6.45, 7) is 4.71. The Balaban J connectivity index is 1.90. The van der Waals surface area contributed by atoms with Gasteiger partial charge in [-0.2, -0.15) is 0 Å². The van der Waals surface area contributed by atoms with Gasteiger partial charge in [-0.1, -0.05) is 29.3 Å². The Morgan fingerprint density at radius 1 is 1.10 bits per heavy atom. The van der Waals surface area contributed by atoms with E-state index in [1.165, 1.54) is 0 Å². The number of nitrogens with one attached hydrogen (secondary N) is 1. The predicted octanol–water partition coefficient (Wildman–Crippen LogP) is 5.18. The molecule has 0 amide bonds. The Morgan fingerprint density at radius 3 is 2.50 bits per heavy atom. The maximum atomic E-state index is 6.09. The summed E-state index contributed by atoms with van der Waals surface area (Å²) in [7, 11) is 0. The van der Waals surface area contributed by atoms with Crippen LogP contribution in [0.1, 0.15) is 12.5 Å². The third kappa shape index (κ3) is 4.06. The smallest absolute Gasteiger partial charge is 0.119 e. The van der Waals surface area contributed by atoms with Gasteiger partial charge in [0.05, 0.1) is 6.54 Å². The second-order valence-electron chi connectivity index (χ2n) is 4.68. The molecule has 2 aromatic carbocycles. The molecule has 2 aromatic rings. The monoisotopic (exact) mass is 309 g/mol. The van der Waals surface area contributed by atoms with E-state index >= 15 is 0 Å². The molecule has 0 aliphatic carbocycles. The van der Waals surface area contributed by atoms with Crippen molar-refractivity contribution in [2.45, 2.75) is 20.0 Å². The van der Waals surface area contributed by atoms with Crippen LogP contribution in [0.15, 0.2) is 42.5 Å². The Hall–Kier alpha value is -1.38. The van der Waals surface area contributed by atoms with Crippen LogP contribution in [0, 0.1) is 6.92 Å². The number of anilines is 1.